The van der Waals surface area contributed by atoms with E-state index in [4.69, 9.17) is 5.11 Å². The Morgan fingerprint density at radius 3 is 2.68 bits per heavy atom. The highest BCUT2D eigenvalue weighted by Crippen LogP contribution is 2.27. The van der Waals surface area contributed by atoms with Gasteiger partial charge in [0.1, 0.15) is 6.61 Å². The number of hydrogen-bond acceptors (Lipinski definition) is 4. The number of carbonyl (C=O) groups excluding carboxylic acids is 1. The SMILES string of the molecule is Cc1ccccc1N1CCC(N2CCCC(CNC(=O)CO)C2)CC1. The summed E-state index contributed by atoms with van der Waals surface area (Å²) in [5.74, 6) is 0.252. The number of aryl methyl sites for hydroxylation is 1. The van der Waals surface area contributed by atoms with E-state index in [0.29, 0.717) is 18.5 Å². The molecule has 1 unspecified atom stereocenters. The van der Waals surface area contributed by atoms with E-state index in [9.17, 15) is 4.79 Å². The lowest BCUT2D eigenvalue weighted by atomic mass is 9.93. The summed E-state index contributed by atoms with van der Waals surface area (Å²) in [5.41, 5.74) is 2.74. The zero-order valence-electron chi connectivity index (χ0n) is 15.3. The van der Waals surface area contributed by atoms with Crippen molar-refractivity contribution in [2.75, 3.05) is 44.2 Å². The molecule has 0 radical (unpaired) electrons. The predicted molar refractivity (Wildman–Crippen MR) is 101 cm³/mol. The molecule has 5 nitrogen and oxygen atoms in total. The third-order valence-electron chi connectivity index (χ3n) is 5.72. The highest BCUT2D eigenvalue weighted by Gasteiger charge is 2.29. The Labute approximate surface area is 151 Å². The van der Waals surface area contributed by atoms with Crippen LogP contribution in [-0.2, 0) is 4.79 Å². The van der Waals surface area contributed by atoms with Gasteiger partial charge >= 0.3 is 0 Å². The first kappa shape index (κ1) is 18.2. The Bertz CT molecular complexity index is 570. The van der Waals surface area contributed by atoms with Gasteiger partial charge in [-0.15, -0.1) is 0 Å². The Hall–Kier alpha value is -1.59. The summed E-state index contributed by atoms with van der Waals surface area (Å²) in [6.07, 6.45) is 4.80. The Morgan fingerprint density at radius 2 is 1.96 bits per heavy atom. The van der Waals surface area contributed by atoms with Crippen LogP contribution in [0.5, 0.6) is 0 Å². The molecule has 1 atom stereocenters. The maximum absolute atomic E-state index is 11.3. The van der Waals surface area contributed by atoms with Crippen molar-refractivity contribution < 1.29 is 9.90 Å². The number of amides is 1. The number of nitrogens with one attached hydrogen (secondary N) is 1. The molecule has 2 N–H and O–H groups in total. The van der Waals surface area contributed by atoms with Crippen LogP contribution in [-0.4, -0.2) is 61.3 Å². The Morgan fingerprint density at radius 1 is 1.20 bits per heavy atom. The van der Waals surface area contributed by atoms with E-state index in [1.54, 1.807) is 0 Å². The van der Waals surface area contributed by atoms with Gasteiger partial charge in [0.2, 0.25) is 5.91 Å². The zero-order valence-corrected chi connectivity index (χ0v) is 15.3. The first-order valence-corrected chi connectivity index (χ1v) is 9.59. The van der Waals surface area contributed by atoms with Crippen molar-refractivity contribution >= 4 is 11.6 Å². The van der Waals surface area contributed by atoms with Gasteiger partial charge < -0.3 is 15.3 Å². The van der Waals surface area contributed by atoms with Gasteiger partial charge in [0.15, 0.2) is 0 Å². The number of aliphatic hydroxyl groups is 1. The second kappa shape index (κ2) is 8.68. The molecule has 1 amide bonds. The van der Waals surface area contributed by atoms with Gasteiger partial charge in [-0.3, -0.25) is 9.69 Å². The molecule has 25 heavy (non-hydrogen) atoms. The average Bonchev–Trinajstić information content (AvgIpc) is 2.67. The molecule has 2 aliphatic rings. The van der Waals surface area contributed by atoms with Crippen LogP contribution in [0.15, 0.2) is 24.3 Å². The Kier molecular flexibility index (Phi) is 6.32. The second-order valence-corrected chi connectivity index (χ2v) is 7.47. The highest BCUT2D eigenvalue weighted by atomic mass is 16.3. The van der Waals surface area contributed by atoms with E-state index in [2.05, 4.69) is 46.3 Å². The molecular weight excluding hydrogens is 314 g/mol. The van der Waals surface area contributed by atoms with Crippen molar-refractivity contribution in [3.05, 3.63) is 29.8 Å². The van der Waals surface area contributed by atoms with Crippen molar-refractivity contribution in [1.82, 2.24) is 10.2 Å². The molecule has 2 fully saturated rings. The minimum absolute atomic E-state index is 0.260. The Balaban J connectivity index is 1.49. The maximum Gasteiger partial charge on any atom is 0.245 e. The normalized spacial score (nSPS) is 22.8. The van der Waals surface area contributed by atoms with Gasteiger partial charge in [0.05, 0.1) is 0 Å². The van der Waals surface area contributed by atoms with Gasteiger partial charge in [-0.1, -0.05) is 18.2 Å². The van der Waals surface area contributed by atoms with Crippen molar-refractivity contribution in [2.24, 2.45) is 5.92 Å². The van der Waals surface area contributed by atoms with E-state index in [1.165, 1.54) is 43.5 Å². The molecule has 138 valence electrons. The van der Waals surface area contributed by atoms with E-state index in [-0.39, 0.29) is 5.91 Å². The lowest BCUT2D eigenvalue weighted by Crippen LogP contribution is -2.50. The van der Waals surface area contributed by atoms with Crippen molar-refractivity contribution in [3.63, 3.8) is 0 Å². The number of rotatable bonds is 5. The molecule has 1 aromatic carbocycles. The fourth-order valence-corrected chi connectivity index (χ4v) is 4.30. The van der Waals surface area contributed by atoms with Crippen LogP contribution < -0.4 is 10.2 Å². The first-order chi connectivity index (χ1) is 12.2. The van der Waals surface area contributed by atoms with E-state index in [0.717, 1.165) is 19.6 Å². The fraction of sp³-hybridized carbons (Fsp3) is 0.650. The summed E-state index contributed by atoms with van der Waals surface area (Å²) in [5, 5.41) is 11.7. The summed E-state index contributed by atoms with van der Waals surface area (Å²) in [6, 6.07) is 9.32. The molecule has 1 aromatic rings. The number of hydrogen-bond donors (Lipinski definition) is 2. The standard InChI is InChI=1S/C20H31N3O2/c1-16-5-2-3-7-19(16)22-11-8-18(9-12-22)23-10-4-6-17(14-23)13-21-20(25)15-24/h2-3,5,7,17-18,24H,4,6,8-15H2,1H3,(H,21,25). The largest absolute Gasteiger partial charge is 0.387 e. The number of anilines is 1. The van der Waals surface area contributed by atoms with Gasteiger partial charge in [-0.25, -0.2) is 0 Å². The lowest BCUT2D eigenvalue weighted by Gasteiger charge is -2.43. The summed E-state index contributed by atoms with van der Waals surface area (Å²) in [6.45, 7) is 6.97. The van der Waals surface area contributed by atoms with Crippen molar-refractivity contribution in [1.29, 1.82) is 0 Å². The minimum Gasteiger partial charge on any atom is -0.387 e. The summed E-state index contributed by atoms with van der Waals surface area (Å²) >= 11 is 0. The summed E-state index contributed by atoms with van der Waals surface area (Å²) in [7, 11) is 0. The highest BCUT2D eigenvalue weighted by molar-refractivity contribution is 5.76. The number of carbonyl (C=O) groups is 1. The van der Waals surface area contributed by atoms with Crippen LogP contribution in [0.25, 0.3) is 0 Å². The number of nitrogens with zero attached hydrogens (tertiary/aromatic N) is 2. The van der Waals surface area contributed by atoms with E-state index >= 15 is 0 Å². The molecule has 2 heterocycles. The topological polar surface area (TPSA) is 55.8 Å². The molecule has 0 bridgehead atoms. The molecule has 0 aromatic heterocycles. The number of likely N-dealkylation sites (tertiary alicyclic amines) is 1. The van der Waals surface area contributed by atoms with Crippen molar-refractivity contribution in [3.8, 4) is 0 Å². The second-order valence-electron chi connectivity index (χ2n) is 7.47. The minimum atomic E-state index is -0.409. The first-order valence-electron chi connectivity index (χ1n) is 9.59. The molecule has 0 spiro atoms. The number of piperidine rings is 2. The third-order valence-corrected chi connectivity index (χ3v) is 5.72. The van der Waals surface area contributed by atoms with Gasteiger partial charge in [0, 0.05) is 37.9 Å². The molecular formula is C20H31N3O2. The third kappa shape index (κ3) is 4.73. The van der Waals surface area contributed by atoms with Crippen LogP contribution in [0.3, 0.4) is 0 Å². The summed E-state index contributed by atoms with van der Waals surface area (Å²) < 4.78 is 0. The fourth-order valence-electron chi connectivity index (χ4n) is 4.30. The molecule has 0 saturated carbocycles. The smallest absolute Gasteiger partial charge is 0.245 e. The number of benzene rings is 1. The number of para-hydroxylation sites is 1. The van der Waals surface area contributed by atoms with Crippen LogP contribution in [0.2, 0.25) is 0 Å². The zero-order chi connectivity index (χ0) is 17.6. The maximum atomic E-state index is 11.3. The molecule has 2 saturated heterocycles. The van der Waals surface area contributed by atoms with Gasteiger partial charge in [-0.05, 0) is 56.7 Å². The van der Waals surface area contributed by atoms with E-state index in [1.807, 2.05) is 0 Å². The molecule has 5 heteroatoms. The predicted octanol–water partition coefficient (Wildman–Crippen LogP) is 1.78. The quantitative estimate of drug-likeness (QED) is 0.854. The molecule has 2 aliphatic heterocycles. The van der Waals surface area contributed by atoms with Crippen LogP contribution in [0, 0.1) is 12.8 Å². The van der Waals surface area contributed by atoms with Gasteiger partial charge in [0.25, 0.3) is 0 Å². The molecule has 3 rings (SSSR count). The van der Waals surface area contributed by atoms with E-state index < -0.39 is 6.61 Å². The monoisotopic (exact) mass is 345 g/mol. The summed E-state index contributed by atoms with van der Waals surface area (Å²) in [4.78, 5) is 16.4. The van der Waals surface area contributed by atoms with Crippen LogP contribution in [0.4, 0.5) is 5.69 Å². The lowest BCUT2D eigenvalue weighted by molar-refractivity contribution is -0.124. The molecule has 0 aliphatic carbocycles. The van der Waals surface area contributed by atoms with Crippen LogP contribution >= 0.6 is 0 Å². The van der Waals surface area contributed by atoms with Gasteiger partial charge in [-0.2, -0.15) is 0 Å². The number of aliphatic hydroxyl groups excluding tert-OH is 1. The average molecular weight is 345 g/mol. The van der Waals surface area contributed by atoms with Crippen LogP contribution in [0.1, 0.15) is 31.2 Å². The van der Waals surface area contributed by atoms with Crippen molar-refractivity contribution in [2.45, 2.75) is 38.6 Å².